The van der Waals surface area contributed by atoms with Gasteiger partial charge in [-0.3, -0.25) is 14.9 Å². The van der Waals surface area contributed by atoms with E-state index in [4.69, 9.17) is 0 Å². The van der Waals surface area contributed by atoms with Crippen LogP contribution in [0.15, 0.2) is 48.5 Å². The highest BCUT2D eigenvalue weighted by Crippen LogP contribution is 2.29. The second-order valence-corrected chi connectivity index (χ2v) is 6.26. The van der Waals surface area contributed by atoms with Gasteiger partial charge in [0.05, 0.1) is 22.2 Å². The zero-order chi connectivity index (χ0) is 17.8. The lowest BCUT2D eigenvalue weighted by molar-refractivity contribution is -0.384. The zero-order valence-electron chi connectivity index (χ0n) is 14.1. The van der Waals surface area contributed by atoms with Crippen molar-refractivity contribution >= 4 is 17.3 Å². The molecule has 0 radical (unpaired) electrons. The quantitative estimate of drug-likeness (QED) is 0.666. The van der Waals surface area contributed by atoms with E-state index in [9.17, 15) is 14.9 Å². The Morgan fingerprint density at radius 1 is 1.16 bits per heavy atom. The third-order valence-corrected chi connectivity index (χ3v) is 4.53. The van der Waals surface area contributed by atoms with Crippen molar-refractivity contribution in [1.82, 2.24) is 5.32 Å². The molecule has 1 aliphatic heterocycles. The highest BCUT2D eigenvalue weighted by atomic mass is 16.6. The van der Waals surface area contributed by atoms with E-state index in [1.165, 1.54) is 12.1 Å². The first-order valence-corrected chi connectivity index (χ1v) is 8.45. The molecule has 1 aliphatic rings. The normalized spacial score (nSPS) is 15.0. The molecule has 3 rings (SSSR count). The Morgan fingerprint density at radius 3 is 2.48 bits per heavy atom. The molecule has 2 aromatic carbocycles. The van der Waals surface area contributed by atoms with Crippen LogP contribution in [0.3, 0.4) is 0 Å². The van der Waals surface area contributed by atoms with Crippen LogP contribution in [-0.2, 0) is 0 Å². The van der Waals surface area contributed by atoms with Crippen molar-refractivity contribution in [1.29, 1.82) is 0 Å². The standard InChI is InChI=1S/C19H21N3O3/c1-14(15-7-3-2-4-8-15)20-19(23)17-13-16(22(24)25)9-10-18(17)21-11-5-6-12-21/h2-4,7-10,13-14H,5-6,11-12H2,1H3,(H,20,23). The Hall–Kier alpha value is -2.89. The van der Waals surface area contributed by atoms with E-state index in [2.05, 4.69) is 10.2 Å². The Kier molecular flexibility index (Phi) is 4.97. The van der Waals surface area contributed by atoms with E-state index in [1.54, 1.807) is 6.07 Å². The van der Waals surface area contributed by atoms with Gasteiger partial charge in [0.1, 0.15) is 0 Å². The lowest BCUT2D eigenvalue weighted by Crippen LogP contribution is -2.29. The fourth-order valence-electron chi connectivity index (χ4n) is 3.15. The summed E-state index contributed by atoms with van der Waals surface area (Å²) in [6.07, 6.45) is 2.14. The molecule has 1 N–H and O–H groups in total. The molecule has 0 bridgehead atoms. The largest absolute Gasteiger partial charge is 0.371 e. The SMILES string of the molecule is CC(NC(=O)c1cc([N+](=O)[O-])ccc1N1CCCC1)c1ccccc1. The number of carbonyl (C=O) groups is 1. The van der Waals surface area contributed by atoms with Gasteiger partial charge in [-0.2, -0.15) is 0 Å². The van der Waals surface area contributed by atoms with Crippen molar-refractivity contribution < 1.29 is 9.72 Å². The number of anilines is 1. The maximum absolute atomic E-state index is 12.8. The van der Waals surface area contributed by atoms with Crippen molar-refractivity contribution in [3.05, 3.63) is 69.8 Å². The summed E-state index contributed by atoms with van der Waals surface area (Å²) in [6, 6.07) is 14.0. The molecule has 25 heavy (non-hydrogen) atoms. The van der Waals surface area contributed by atoms with Gasteiger partial charge >= 0.3 is 0 Å². The van der Waals surface area contributed by atoms with E-state index >= 15 is 0 Å². The summed E-state index contributed by atoms with van der Waals surface area (Å²) >= 11 is 0. The van der Waals surface area contributed by atoms with E-state index in [0.29, 0.717) is 5.56 Å². The first-order valence-electron chi connectivity index (χ1n) is 8.45. The summed E-state index contributed by atoms with van der Waals surface area (Å²) in [5.41, 5.74) is 2.05. The number of rotatable bonds is 5. The summed E-state index contributed by atoms with van der Waals surface area (Å²) in [7, 11) is 0. The van der Waals surface area contributed by atoms with Gasteiger partial charge in [-0.1, -0.05) is 30.3 Å². The number of non-ortho nitro benzene ring substituents is 1. The van der Waals surface area contributed by atoms with E-state index in [-0.39, 0.29) is 17.6 Å². The van der Waals surface area contributed by atoms with Crippen LogP contribution in [0.1, 0.15) is 41.7 Å². The summed E-state index contributed by atoms with van der Waals surface area (Å²) in [5, 5.41) is 14.1. The average Bonchev–Trinajstić information content (AvgIpc) is 3.16. The number of nitro groups is 1. The number of nitrogens with zero attached hydrogens (tertiary/aromatic N) is 2. The minimum Gasteiger partial charge on any atom is -0.371 e. The number of amides is 1. The van der Waals surface area contributed by atoms with Gasteiger partial charge < -0.3 is 10.2 Å². The van der Waals surface area contributed by atoms with Crippen LogP contribution in [0.2, 0.25) is 0 Å². The molecular formula is C19H21N3O3. The molecule has 1 amide bonds. The monoisotopic (exact) mass is 339 g/mol. The minimum atomic E-state index is -0.467. The summed E-state index contributed by atoms with van der Waals surface area (Å²) in [4.78, 5) is 25.6. The molecule has 1 saturated heterocycles. The van der Waals surface area contributed by atoms with E-state index in [0.717, 1.165) is 37.2 Å². The summed E-state index contributed by atoms with van der Waals surface area (Å²) < 4.78 is 0. The van der Waals surface area contributed by atoms with Crippen molar-refractivity contribution in [2.75, 3.05) is 18.0 Å². The van der Waals surface area contributed by atoms with Crippen molar-refractivity contribution in [3.8, 4) is 0 Å². The number of nitro benzene ring substituents is 1. The molecule has 0 aromatic heterocycles. The Bertz CT molecular complexity index is 771. The van der Waals surface area contributed by atoms with Crippen LogP contribution in [0.5, 0.6) is 0 Å². The number of hydrogen-bond acceptors (Lipinski definition) is 4. The maximum atomic E-state index is 12.8. The molecule has 6 heteroatoms. The molecule has 1 fully saturated rings. The molecular weight excluding hydrogens is 318 g/mol. The zero-order valence-corrected chi connectivity index (χ0v) is 14.1. The smallest absolute Gasteiger partial charge is 0.270 e. The van der Waals surface area contributed by atoms with Crippen LogP contribution in [-0.4, -0.2) is 23.9 Å². The minimum absolute atomic E-state index is 0.0690. The molecule has 6 nitrogen and oxygen atoms in total. The Labute approximate surface area is 146 Å². The average molecular weight is 339 g/mol. The lowest BCUT2D eigenvalue weighted by Gasteiger charge is -2.22. The third-order valence-electron chi connectivity index (χ3n) is 4.53. The molecule has 1 heterocycles. The van der Waals surface area contributed by atoms with Gasteiger partial charge in [0, 0.05) is 25.2 Å². The van der Waals surface area contributed by atoms with E-state index < -0.39 is 4.92 Å². The summed E-state index contributed by atoms with van der Waals surface area (Å²) in [5.74, 6) is -0.290. The van der Waals surface area contributed by atoms with Gasteiger partial charge in [-0.05, 0) is 31.4 Å². The molecule has 0 saturated carbocycles. The number of benzene rings is 2. The highest BCUT2D eigenvalue weighted by molar-refractivity contribution is 6.00. The Morgan fingerprint density at radius 2 is 1.84 bits per heavy atom. The van der Waals surface area contributed by atoms with Gasteiger partial charge in [-0.15, -0.1) is 0 Å². The first-order chi connectivity index (χ1) is 12.1. The van der Waals surface area contributed by atoms with Crippen molar-refractivity contribution in [2.24, 2.45) is 0 Å². The van der Waals surface area contributed by atoms with Crippen LogP contribution < -0.4 is 10.2 Å². The predicted molar refractivity (Wildman–Crippen MR) is 96.9 cm³/mol. The molecule has 130 valence electrons. The van der Waals surface area contributed by atoms with Gasteiger partial charge in [0.2, 0.25) is 0 Å². The number of hydrogen-bond donors (Lipinski definition) is 1. The van der Waals surface area contributed by atoms with Crippen LogP contribution >= 0.6 is 0 Å². The fraction of sp³-hybridized carbons (Fsp3) is 0.316. The molecule has 2 aromatic rings. The van der Waals surface area contributed by atoms with Crippen molar-refractivity contribution in [2.45, 2.75) is 25.8 Å². The van der Waals surface area contributed by atoms with Gasteiger partial charge in [0.25, 0.3) is 11.6 Å². The lowest BCUT2D eigenvalue weighted by atomic mass is 10.1. The third kappa shape index (κ3) is 3.79. The molecule has 0 aliphatic carbocycles. The Balaban J connectivity index is 1.88. The number of carbonyl (C=O) groups excluding carboxylic acids is 1. The molecule has 1 unspecified atom stereocenters. The van der Waals surface area contributed by atoms with Gasteiger partial charge in [-0.25, -0.2) is 0 Å². The van der Waals surface area contributed by atoms with E-state index in [1.807, 2.05) is 37.3 Å². The van der Waals surface area contributed by atoms with Crippen LogP contribution in [0, 0.1) is 10.1 Å². The first kappa shape index (κ1) is 17.0. The second-order valence-electron chi connectivity index (χ2n) is 6.26. The number of nitrogens with one attached hydrogen (secondary N) is 1. The predicted octanol–water partition coefficient (Wildman–Crippen LogP) is 3.69. The van der Waals surface area contributed by atoms with Crippen molar-refractivity contribution in [3.63, 3.8) is 0 Å². The maximum Gasteiger partial charge on any atom is 0.270 e. The second kappa shape index (κ2) is 7.34. The fourth-order valence-corrected chi connectivity index (χ4v) is 3.15. The van der Waals surface area contributed by atoms with Gasteiger partial charge in [0.15, 0.2) is 0 Å². The highest BCUT2D eigenvalue weighted by Gasteiger charge is 2.23. The summed E-state index contributed by atoms with van der Waals surface area (Å²) in [6.45, 7) is 3.64. The molecule has 0 spiro atoms. The topological polar surface area (TPSA) is 75.5 Å². The molecule has 1 atom stereocenters. The van der Waals surface area contributed by atoms with Crippen LogP contribution in [0.25, 0.3) is 0 Å². The van der Waals surface area contributed by atoms with Crippen LogP contribution in [0.4, 0.5) is 11.4 Å².